The summed E-state index contributed by atoms with van der Waals surface area (Å²) in [5.41, 5.74) is 3.07. The quantitative estimate of drug-likeness (QED) is 0.0201. The van der Waals surface area contributed by atoms with Gasteiger partial charge >= 0.3 is 0 Å². The Morgan fingerprint density at radius 3 is 1.58 bits per heavy atom. The summed E-state index contributed by atoms with van der Waals surface area (Å²) >= 11 is 0. The maximum atomic E-state index is 15.2. The van der Waals surface area contributed by atoms with Gasteiger partial charge in [0, 0.05) is 76.4 Å². The smallest absolute Gasteiger partial charge is 0.255 e. The van der Waals surface area contributed by atoms with E-state index < -0.39 is 65.6 Å². The molecule has 0 radical (unpaired) electrons. The zero-order valence-electron chi connectivity index (χ0n) is 62.5. The molecule has 6 aromatic rings. The van der Waals surface area contributed by atoms with Crippen molar-refractivity contribution in [2.45, 2.75) is 183 Å². The lowest BCUT2D eigenvalue weighted by molar-refractivity contribution is -0.145. The van der Waals surface area contributed by atoms with E-state index in [1.807, 2.05) is 160 Å². The molecule has 10 atom stereocenters. The van der Waals surface area contributed by atoms with E-state index in [0.717, 1.165) is 16.7 Å². The fraction of sp³-hybridized carbons (Fsp3) is 0.512. The number of likely N-dealkylation sites (N-methyl/N-ethyl adjacent to an activating group) is 2. The first-order valence-corrected chi connectivity index (χ1v) is 38.6. The van der Waals surface area contributed by atoms with Crippen LogP contribution in [0.25, 0.3) is 0 Å². The van der Waals surface area contributed by atoms with Crippen LogP contribution in [0.1, 0.15) is 143 Å². The van der Waals surface area contributed by atoms with Crippen molar-refractivity contribution in [2.75, 3.05) is 73.4 Å². The van der Waals surface area contributed by atoms with Crippen LogP contribution in [0.4, 0.5) is 0 Å². The van der Waals surface area contributed by atoms with Gasteiger partial charge < -0.3 is 71.9 Å². The summed E-state index contributed by atoms with van der Waals surface area (Å²) < 4.78 is 19.2. The maximum Gasteiger partial charge on any atom is 0.255 e. The molecule has 4 aliphatic rings. The van der Waals surface area contributed by atoms with Crippen LogP contribution in [-0.2, 0) is 77.6 Å². The van der Waals surface area contributed by atoms with Crippen molar-refractivity contribution >= 4 is 47.3 Å². The van der Waals surface area contributed by atoms with Crippen LogP contribution in [0, 0.1) is 11.8 Å². The number of amides is 8. The first-order valence-electron chi connectivity index (χ1n) is 38.6. The number of carbonyl (C=O) groups is 8. The lowest BCUT2D eigenvalue weighted by atomic mass is 9.81. The fourth-order valence-corrected chi connectivity index (χ4v) is 15.6. The second-order valence-corrected chi connectivity index (χ2v) is 28.4. The van der Waals surface area contributed by atoms with Crippen LogP contribution in [0.3, 0.4) is 0 Å². The number of ether oxygens (including phenoxy) is 3. The van der Waals surface area contributed by atoms with Crippen LogP contribution >= 0.6 is 0 Å². The average molecular weight is 1470 g/mol. The zero-order valence-corrected chi connectivity index (χ0v) is 62.5. The standard InChI is InChI=1S/C82H110N14O11/c1-5-67(83-3)75(98)89-73-60(44-46-85-54-57-24-12-7-13-25-57)34-37-65-40-42-70(96(65)79(73)102)78(101)91-82(62-30-18-10-19-31-62,63-32-20-11-21-33-63)81(104)86-45-22-48-105-50-52-107-53-51-106-49-23-47-94-56-64(92-93-94)36-43-71(97)87-55-61-35-38-66-39-41-69(95(66)80(103)74(61)90-76(99)68(6-2)84-4)77(100)88-72(58-26-14-8-15-27-58)59-28-16-9-17-29-59/h7-21,24-33,56,60-61,65-70,72-74,83-85H,5-6,22-23,34-55H2,1-4H3,(H,86,104)(H,87,97)(H,88,100)(H,89,98)(H,90,99)(H,91,101)/t60-,61-,65?,66+,67+,68+,69+,70+,73+,74+/m1/s1. The second-order valence-electron chi connectivity index (χ2n) is 28.4. The number of hydrogen-bond donors (Lipinski definition) is 9. The van der Waals surface area contributed by atoms with E-state index in [1.165, 1.54) is 0 Å². The van der Waals surface area contributed by atoms with E-state index in [0.29, 0.717) is 166 Å². The van der Waals surface area contributed by atoms with Crippen molar-refractivity contribution in [3.8, 4) is 0 Å². The maximum absolute atomic E-state index is 15.2. The molecule has 25 nitrogen and oxygen atoms in total. The van der Waals surface area contributed by atoms with Crippen LogP contribution < -0.4 is 47.9 Å². The fourth-order valence-electron chi connectivity index (χ4n) is 15.6. The van der Waals surface area contributed by atoms with Crippen LogP contribution in [-0.4, -0.2) is 194 Å². The van der Waals surface area contributed by atoms with Crippen molar-refractivity contribution in [3.63, 3.8) is 0 Å². The molecule has 4 saturated heterocycles. The molecule has 4 fully saturated rings. The van der Waals surface area contributed by atoms with Gasteiger partial charge in [0.05, 0.1) is 50.2 Å². The predicted molar refractivity (Wildman–Crippen MR) is 406 cm³/mol. The first kappa shape index (κ1) is 80.3. The van der Waals surface area contributed by atoms with Gasteiger partial charge in [-0.25, -0.2) is 0 Å². The number of nitrogens with one attached hydrogen (secondary N) is 9. The van der Waals surface area contributed by atoms with E-state index in [4.69, 9.17) is 14.2 Å². The molecule has 10 rings (SSSR count). The van der Waals surface area contributed by atoms with Crippen molar-refractivity contribution < 1.29 is 52.6 Å². The Morgan fingerprint density at radius 1 is 0.551 bits per heavy atom. The summed E-state index contributed by atoms with van der Waals surface area (Å²) in [6, 6.07) is 42.7. The Kier molecular flexibility index (Phi) is 30.9. The highest BCUT2D eigenvalue weighted by atomic mass is 16.5. The topological polar surface area (TPSA) is 310 Å². The largest absolute Gasteiger partial charge is 0.379 e. The number of fused-ring (bicyclic) bond motifs is 2. The van der Waals surface area contributed by atoms with E-state index in [-0.39, 0.29) is 73.0 Å². The number of rotatable bonds is 41. The van der Waals surface area contributed by atoms with Crippen LogP contribution in [0.5, 0.6) is 0 Å². The van der Waals surface area contributed by atoms with Gasteiger partial charge in [0.25, 0.3) is 5.91 Å². The van der Waals surface area contributed by atoms with Gasteiger partial charge in [-0.2, -0.15) is 0 Å². The zero-order chi connectivity index (χ0) is 75.3. The predicted octanol–water partition coefficient (Wildman–Crippen LogP) is 5.92. The molecule has 0 bridgehead atoms. The highest BCUT2D eigenvalue weighted by Crippen LogP contribution is 2.39. The van der Waals surface area contributed by atoms with Crippen LogP contribution in [0.2, 0.25) is 0 Å². The highest BCUT2D eigenvalue weighted by molar-refractivity contribution is 6.00. The monoisotopic (exact) mass is 1470 g/mol. The molecular formula is C82H110N14O11. The van der Waals surface area contributed by atoms with Gasteiger partial charge in [-0.3, -0.25) is 43.0 Å². The van der Waals surface area contributed by atoms with Crippen LogP contribution in [0.15, 0.2) is 158 Å². The normalized spacial score (nSPS) is 20.6. The number of aromatic nitrogens is 3. The summed E-state index contributed by atoms with van der Waals surface area (Å²) in [5, 5.41) is 37.0. The molecule has 0 aliphatic carbocycles. The molecule has 1 aromatic heterocycles. The molecule has 0 saturated carbocycles. The third-order valence-corrected chi connectivity index (χ3v) is 21.5. The molecular weight excluding hydrogens is 1360 g/mol. The SMILES string of the molecule is CC[C@H](NC)C(=O)N[C@@H]1C(=O)N2C(CC[C@@H]1CCNCc1ccccc1)CC[C@H]2C(=O)NC(C(=O)NCCCOCCOCCOCCCn1cc(CCC(=O)NC[C@H]2CC[C@H]3CC[C@@H](C(=O)NC(c4ccccc4)c4ccccc4)N3C(=O)[C@H]2NC(=O)[C@H](CC)NC)nn1)(c1ccccc1)c1ccccc1. The van der Waals surface area contributed by atoms with Gasteiger partial charge in [-0.15, -0.1) is 5.10 Å². The molecule has 4 aliphatic heterocycles. The highest BCUT2D eigenvalue weighted by Gasteiger charge is 2.52. The van der Waals surface area contributed by atoms with Crippen molar-refractivity contribution in [1.29, 1.82) is 0 Å². The molecule has 0 spiro atoms. The third kappa shape index (κ3) is 21.6. The number of hydrogen-bond acceptors (Lipinski definition) is 16. The van der Waals surface area contributed by atoms with Crippen molar-refractivity contribution in [1.82, 2.24) is 72.6 Å². The Bertz CT molecular complexity index is 3700. The van der Waals surface area contributed by atoms with E-state index in [1.54, 1.807) is 28.6 Å². The first-order chi connectivity index (χ1) is 52.2. The van der Waals surface area contributed by atoms with Crippen molar-refractivity contribution in [2.24, 2.45) is 11.8 Å². The van der Waals surface area contributed by atoms with Gasteiger partial charge in [0.2, 0.25) is 41.4 Å². The van der Waals surface area contributed by atoms with Gasteiger partial charge in [0.1, 0.15) is 24.2 Å². The summed E-state index contributed by atoms with van der Waals surface area (Å²) in [6.45, 7) is 8.29. The van der Waals surface area contributed by atoms with E-state index in [2.05, 4.69) is 70.3 Å². The lowest BCUT2D eigenvalue weighted by Crippen LogP contribution is -2.62. The molecule has 107 heavy (non-hydrogen) atoms. The Labute approximate surface area is 629 Å². The molecule has 9 N–H and O–H groups in total. The van der Waals surface area contributed by atoms with Crippen molar-refractivity contribution in [3.05, 3.63) is 191 Å². The van der Waals surface area contributed by atoms with Gasteiger partial charge in [0.15, 0.2) is 5.54 Å². The summed E-state index contributed by atoms with van der Waals surface area (Å²) in [4.78, 5) is 119. The number of carbonyl (C=O) groups excluding carboxylic acids is 8. The van der Waals surface area contributed by atoms with Gasteiger partial charge in [-0.1, -0.05) is 171 Å². The summed E-state index contributed by atoms with van der Waals surface area (Å²) in [6.07, 6.45) is 9.83. The molecule has 8 amide bonds. The Hall–Kier alpha value is -9.24. The molecule has 25 heteroatoms. The summed E-state index contributed by atoms with van der Waals surface area (Å²) in [5.74, 6) is -3.12. The second kappa shape index (κ2) is 41.2. The summed E-state index contributed by atoms with van der Waals surface area (Å²) in [7, 11) is 3.43. The minimum absolute atomic E-state index is 0.141. The van der Waals surface area contributed by atoms with E-state index >= 15 is 14.4 Å². The third-order valence-electron chi connectivity index (χ3n) is 21.5. The van der Waals surface area contributed by atoms with Gasteiger partial charge in [-0.05, 0) is 138 Å². The molecule has 5 aromatic carbocycles. The Balaban J connectivity index is 0.632. The number of nitrogens with zero attached hydrogens (tertiary/aromatic N) is 5. The minimum atomic E-state index is -1.68. The minimum Gasteiger partial charge on any atom is -0.379 e. The Morgan fingerprint density at radius 2 is 1.04 bits per heavy atom. The molecule has 1 unspecified atom stereocenters. The number of aryl methyl sites for hydroxylation is 2. The number of benzene rings is 5. The lowest BCUT2D eigenvalue weighted by Gasteiger charge is -2.38. The molecule has 5 heterocycles. The molecule has 574 valence electrons. The average Bonchev–Trinajstić information content (AvgIpc) is 1.66. The van der Waals surface area contributed by atoms with E-state index in [9.17, 15) is 24.0 Å².